The van der Waals surface area contributed by atoms with Gasteiger partial charge in [0.05, 0.1) is 6.04 Å². The summed E-state index contributed by atoms with van der Waals surface area (Å²) in [6.07, 6.45) is 28.1. The molecule has 3 aliphatic rings. The van der Waals surface area contributed by atoms with Crippen molar-refractivity contribution in [3.05, 3.63) is 23.9 Å². The van der Waals surface area contributed by atoms with Gasteiger partial charge in [0.1, 0.15) is 0 Å². The average molecular weight is 301 g/mol. The number of dihydropyridines is 1. The topological polar surface area (TPSA) is 12.0 Å². The lowest BCUT2D eigenvalue weighted by atomic mass is 9.83. The highest BCUT2D eigenvalue weighted by Crippen LogP contribution is 2.31. The zero-order chi connectivity index (χ0) is 15.0. The smallest absolute Gasteiger partial charge is 0.0542 e. The minimum absolute atomic E-state index is 0.489. The Morgan fingerprint density at radius 3 is 1.91 bits per heavy atom. The fourth-order valence-electron chi connectivity index (χ4n) is 4.61. The number of hydrogen-bond acceptors (Lipinski definition) is 1. The maximum absolute atomic E-state index is 3.91. The Bertz CT molecular complexity index is 365. The molecule has 1 N–H and O–H groups in total. The summed E-state index contributed by atoms with van der Waals surface area (Å²) in [4.78, 5) is 0. The van der Waals surface area contributed by atoms with Crippen molar-refractivity contribution in [2.45, 2.75) is 95.9 Å². The summed E-state index contributed by atoms with van der Waals surface area (Å²) in [6, 6.07) is 0.489. The van der Waals surface area contributed by atoms with Crippen LogP contribution in [0.1, 0.15) is 89.9 Å². The van der Waals surface area contributed by atoms with Gasteiger partial charge in [-0.2, -0.15) is 0 Å². The quantitative estimate of drug-likeness (QED) is 0.667. The third kappa shape index (κ3) is 4.64. The van der Waals surface area contributed by atoms with Crippen molar-refractivity contribution in [1.82, 2.24) is 5.32 Å². The number of nitrogens with one attached hydrogen (secondary N) is 1. The van der Waals surface area contributed by atoms with E-state index in [1.54, 1.807) is 0 Å². The molecule has 0 aromatic carbocycles. The molecule has 0 amide bonds. The average Bonchev–Trinajstić information content (AvgIpc) is 2.46. The van der Waals surface area contributed by atoms with Gasteiger partial charge < -0.3 is 5.32 Å². The first-order valence-corrected chi connectivity index (χ1v) is 9.99. The SMILES string of the molecule is [C]1=CC=C(C2CCCCCCC2)NC1C1CCCCCCC1. The van der Waals surface area contributed by atoms with Crippen molar-refractivity contribution in [3.63, 3.8) is 0 Å². The van der Waals surface area contributed by atoms with E-state index in [0.717, 1.165) is 11.8 Å². The summed E-state index contributed by atoms with van der Waals surface area (Å²) in [5.41, 5.74) is 1.53. The molecule has 0 aromatic rings. The Labute approximate surface area is 137 Å². The zero-order valence-corrected chi connectivity index (χ0v) is 14.3. The molecular weight excluding hydrogens is 266 g/mol. The fraction of sp³-hybridized carbons (Fsp3) is 0.810. The predicted molar refractivity (Wildman–Crippen MR) is 94.4 cm³/mol. The standard InChI is InChI=1S/C21H34N/c1-3-7-12-18(13-8-4-1)20-16-11-17-21(22-20)19-14-9-5-2-6-10-15-19/h11,16,18-19,21-22H,1-10,12-15H2. The van der Waals surface area contributed by atoms with E-state index in [4.69, 9.17) is 0 Å². The van der Waals surface area contributed by atoms with Gasteiger partial charge in [-0.15, -0.1) is 0 Å². The van der Waals surface area contributed by atoms with Crippen LogP contribution in [0, 0.1) is 17.9 Å². The minimum Gasteiger partial charge on any atom is -0.381 e. The van der Waals surface area contributed by atoms with Gasteiger partial charge in [-0.3, -0.25) is 0 Å². The van der Waals surface area contributed by atoms with Gasteiger partial charge in [0.25, 0.3) is 0 Å². The van der Waals surface area contributed by atoms with Crippen molar-refractivity contribution < 1.29 is 0 Å². The van der Waals surface area contributed by atoms with E-state index < -0.39 is 0 Å². The van der Waals surface area contributed by atoms with Gasteiger partial charge >= 0.3 is 0 Å². The van der Waals surface area contributed by atoms with Crippen molar-refractivity contribution in [2.24, 2.45) is 11.8 Å². The monoisotopic (exact) mass is 300 g/mol. The molecule has 2 aliphatic carbocycles. The molecule has 1 aliphatic heterocycles. The second-order valence-electron chi connectivity index (χ2n) is 7.72. The second-order valence-corrected chi connectivity index (χ2v) is 7.72. The molecule has 1 radical (unpaired) electrons. The first kappa shape index (κ1) is 16.1. The normalized spacial score (nSPS) is 29.6. The molecule has 0 bridgehead atoms. The first-order chi connectivity index (χ1) is 10.9. The molecule has 3 rings (SSSR count). The predicted octanol–water partition coefficient (Wildman–Crippen LogP) is 5.92. The maximum Gasteiger partial charge on any atom is 0.0542 e. The van der Waals surface area contributed by atoms with Crippen molar-refractivity contribution in [2.75, 3.05) is 0 Å². The molecule has 1 unspecified atom stereocenters. The van der Waals surface area contributed by atoms with Crippen LogP contribution < -0.4 is 5.32 Å². The van der Waals surface area contributed by atoms with E-state index in [2.05, 4.69) is 23.5 Å². The zero-order valence-electron chi connectivity index (χ0n) is 14.3. The summed E-state index contributed by atoms with van der Waals surface area (Å²) in [5.74, 6) is 1.60. The lowest BCUT2D eigenvalue weighted by Crippen LogP contribution is -2.38. The Hall–Kier alpha value is -0.720. The molecular formula is C21H34N. The summed E-state index contributed by atoms with van der Waals surface area (Å²) in [7, 11) is 0. The summed E-state index contributed by atoms with van der Waals surface area (Å²) < 4.78 is 0. The van der Waals surface area contributed by atoms with Crippen LogP contribution in [0.2, 0.25) is 0 Å². The van der Waals surface area contributed by atoms with Gasteiger partial charge in [0, 0.05) is 5.70 Å². The van der Waals surface area contributed by atoms with E-state index >= 15 is 0 Å². The van der Waals surface area contributed by atoms with Crippen LogP contribution in [0.5, 0.6) is 0 Å². The Kier molecular flexibility index (Phi) is 6.45. The fourth-order valence-corrected chi connectivity index (χ4v) is 4.61. The molecule has 0 saturated heterocycles. The Balaban J connectivity index is 1.57. The molecule has 123 valence electrons. The number of rotatable bonds is 2. The van der Waals surface area contributed by atoms with E-state index in [1.165, 1.54) is 95.6 Å². The van der Waals surface area contributed by atoms with Crippen LogP contribution in [-0.4, -0.2) is 6.04 Å². The van der Waals surface area contributed by atoms with Crippen molar-refractivity contribution in [1.29, 1.82) is 0 Å². The van der Waals surface area contributed by atoms with Crippen LogP contribution in [0.3, 0.4) is 0 Å². The highest BCUT2D eigenvalue weighted by atomic mass is 14.9. The van der Waals surface area contributed by atoms with Crippen molar-refractivity contribution >= 4 is 0 Å². The first-order valence-electron chi connectivity index (χ1n) is 9.99. The van der Waals surface area contributed by atoms with Crippen molar-refractivity contribution in [3.8, 4) is 0 Å². The van der Waals surface area contributed by atoms with Gasteiger partial charge in [-0.05, 0) is 49.7 Å². The molecule has 1 nitrogen and oxygen atoms in total. The third-order valence-corrected chi connectivity index (χ3v) is 6.03. The van der Waals surface area contributed by atoms with Gasteiger partial charge in [0.15, 0.2) is 0 Å². The summed E-state index contributed by atoms with van der Waals surface area (Å²) >= 11 is 0. The summed E-state index contributed by atoms with van der Waals surface area (Å²) in [6.45, 7) is 0. The molecule has 0 aromatic heterocycles. The highest BCUT2D eigenvalue weighted by Gasteiger charge is 2.25. The lowest BCUT2D eigenvalue weighted by Gasteiger charge is -2.33. The molecule has 22 heavy (non-hydrogen) atoms. The molecule has 1 atom stereocenters. The third-order valence-electron chi connectivity index (χ3n) is 6.03. The van der Waals surface area contributed by atoms with E-state index in [9.17, 15) is 0 Å². The number of allylic oxidation sites excluding steroid dienone is 3. The van der Waals surface area contributed by atoms with E-state index in [-0.39, 0.29) is 0 Å². The lowest BCUT2D eigenvalue weighted by molar-refractivity contribution is 0.308. The largest absolute Gasteiger partial charge is 0.381 e. The van der Waals surface area contributed by atoms with E-state index in [0.29, 0.717) is 6.04 Å². The van der Waals surface area contributed by atoms with Crippen LogP contribution >= 0.6 is 0 Å². The molecule has 1 heterocycles. The van der Waals surface area contributed by atoms with Gasteiger partial charge in [-0.25, -0.2) is 0 Å². The Morgan fingerprint density at radius 1 is 0.727 bits per heavy atom. The minimum atomic E-state index is 0.489. The molecule has 2 fully saturated rings. The number of hydrogen-bond donors (Lipinski definition) is 1. The van der Waals surface area contributed by atoms with Gasteiger partial charge in [0.2, 0.25) is 0 Å². The second kappa shape index (κ2) is 8.79. The van der Waals surface area contributed by atoms with Crippen LogP contribution in [0.4, 0.5) is 0 Å². The van der Waals surface area contributed by atoms with Gasteiger partial charge in [-0.1, -0.05) is 70.3 Å². The van der Waals surface area contributed by atoms with E-state index in [1.807, 2.05) is 0 Å². The van der Waals surface area contributed by atoms with Crippen LogP contribution in [0.25, 0.3) is 0 Å². The van der Waals surface area contributed by atoms with Crippen LogP contribution in [0.15, 0.2) is 17.8 Å². The molecule has 2 saturated carbocycles. The van der Waals surface area contributed by atoms with Crippen LogP contribution in [-0.2, 0) is 0 Å². The molecule has 1 heteroatoms. The molecule has 0 spiro atoms. The Morgan fingerprint density at radius 2 is 1.27 bits per heavy atom. The highest BCUT2D eigenvalue weighted by molar-refractivity contribution is 5.20. The maximum atomic E-state index is 3.91. The summed E-state index contributed by atoms with van der Waals surface area (Å²) in [5, 5.41) is 3.91.